The predicted octanol–water partition coefficient (Wildman–Crippen LogP) is 3.68. The van der Waals surface area contributed by atoms with Crippen LogP contribution < -0.4 is 5.48 Å². The number of carbonyl (C=O) groups is 1. The van der Waals surface area contributed by atoms with Crippen LogP contribution in [0.2, 0.25) is 0 Å². The Balaban J connectivity index is 1.85. The topological polar surface area (TPSA) is 38.3 Å². The zero-order valence-corrected chi connectivity index (χ0v) is 12.2. The molecule has 1 aromatic heterocycles. The summed E-state index contributed by atoms with van der Waals surface area (Å²) in [5.41, 5.74) is 4.50. The van der Waals surface area contributed by atoms with Crippen LogP contribution in [0.5, 0.6) is 0 Å². The first kappa shape index (κ1) is 13.3. The van der Waals surface area contributed by atoms with Crippen molar-refractivity contribution in [3.8, 4) is 0 Å². The third-order valence-corrected chi connectivity index (χ3v) is 4.46. The number of rotatable bonds is 4. The molecule has 0 aliphatic heterocycles. The monoisotopic (exact) mass is 325 g/mol. The summed E-state index contributed by atoms with van der Waals surface area (Å²) in [6.45, 7) is 2.31. The van der Waals surface area contributed by atoms with Gasteiger partial charge in [0.2, 0.25) is 0 Å². The fourth-order valence-electron chi connectivity index (χ4n) is 1.38. The van der Waals surface area contributed by atoms with Crippen LogP contribution in [0.15, 0.2) is 40.2 Å². The Morgan fingerprint density at radius 1 is 1.39 bits per heavy atom. The molecule has 0 saturated carbocycles. The molecule has 1 aromatic carbocycles. The molecule has 2 aromatic rings. The molecule has 0 bridgehead atoms. The highest BCUT2D eigenvalue weighted by Gasteiger charge is 2.10. The fraction of sp³-hybridized carbons (Fsp3) is 0.154. The van der Waals surface area contributed by atoms with Crippen LogP contribution >= 0.6 is 27.3 Å². The SMILES string of the molecule is Cc1cc(C(=O)NOCc2ccccc2)sc1Br. The number of benzene rings is 1. The average Bonchev–Trinajstić information content (AvgIpc) is 2.71. The van der Waals surface area contributed by atoms with Gasteiger partial charge in [-0.05, 0) is 40.0 Å². The minimum absolute atomic E-state index is 0.218. The first-order valence-electron chi connectivity index (χ1n) is 5.39. The van der Waals surface area contributed by atoms with Gasteiger partial charge in [-0.15, -0.1) is 11.3 Å². The summed E-state index contributed by atoms with van der Waals surface area (Å²) in [5.74, 6) is -0.218. The molecule has 2 rings (SSSR count). The quantitative estimate of drug-likeness (QED) is 0.871. The van der Waals surface area contributed by atoms with E-state index in [1.54, 1.807) is 0 Å². The van der Waals surface area contributed by atoms with E-state index in [1.807, 2.05) is 43.3 Å². The molecule has 1 N–H and O–H groups in total. The second-order valence-electron chi connectivity index (χ2n) is 3.77. The normalized spacial score (nSPS) is 10.3. The van der Waals surface area contributed by atoms with Crippen LogP contribution in [0, 0.1) is 6.92 Å². The minimum Gasteiger partial charge on any atom is -0.269 e. The van der Waals surface area contributed by atoms with Crippen molar-refractivity contribution in [2.75, 3.05) is 0 Å². The number of nitrogens with one attached hydrogen (secondary N) is 1. The second kappa shape index (κ2) is 6.13. The Bertz CT molecular complexity index is 520. The van der Waals surface area contributed by atoms with Gasteiger partial charge in [0.25, 0.3) is 5.91 Å². The highest BCUT2D eigenvalue weighted by Crippen LogP contribution is 2.27. The molecular weight excluding hydrogens is 314 g/mol. The smallest absolute Gasteiger partial charge is 0.269 e. The summed E-state index contributed by atoms with van der Waals surface area (Å²) < 4.78 is 0.968. The third-order valence-electron chi connectivity index (χ3n) is 2.33. The third kappa shape index (κ3) is 3.41. The Hall–Kier alpha value is -1.17. The molecule has 0 unspecified atom stereocenters. The number of amides is 1. The summed E-state index contributed by atoms with van der Waals surface area (Å²) in [6.07, 6.45) is 0. The number of thiophene rings is 1. The number of hydrogen-bond acceptors (Lipinski definition) is 3. The lowest BCUT2D eigenvalue weighted by atomic mass is 10.2. The van der Waals surface area contributed by atoms with E-state index in [1.165, 1.54) is 11.3 Å². The number of halogens is 1. The minimum atomic E-state index is -0.218. The summed E-state index contributed by atoms with van der Waals surface area (Å²) in [4.78, 5) is 17.6. The molecule has 0 fully saturated rings. The average molecular weight is 326 g/mol. The summed E-state index contributed by atoms with van der Waals surface area (Å²) in [7, 11) is 0. The molecule has 5 heteroatoms. The summed E-state index contributed by atoms with van der Waals surface area (Å²) in [6, 6.07) is 11.5. The van der Waals surface area contributed by atoms with E-state index in [-0.39, 0.29) is 5.91 Å². The zero-order chi connectivity index (χ0) is 13.0. The Kier molecular flexibility index (Phi) is 4.52. The molecule has 94 valence electrons. The standard InChI is InChI=1S/C13H12BrNO2S/c1-9-7-11(18-12(9)14)13(16)15-17-8-10-5-3-2-4-6-10/h2-7H,8H2,1H3,(H,15,16). The van der Waals surface area contributed by atoms with Crippen LogP contribution in [0.3, 0.4) is 0 Å². The molecule has 0 aliphatic carbocycles. The van der Waals surface area contributed by atoms with E-state index in [2.05, 4.69) is 21.4 Å². The lowest BCUT2D eigenvalue weighted by molar-refractivity contribution is 0.0237. The van der Waals surface area contributed by atoms with Crippen molar-refractivity contribution >= 4 is 33.2 Å². The molecule has 0 aliphatic rings. The summed E-state index contributed by atoms with van der Waals surface area (Å²) in [5, 5.41) is 0. The van der Waals surface area contributed by atoms with Crippen molar-refractivity contribution in [1.82, 2.24) is 5.48 Å². The van der Waals surface area contributed by atoms with Crippen LogP contribution in [0.4, 0.5) is 0 Å². The Morgan fingerprint density at radius 3 is 2.72 bits per heavy atom. The number of carbonyl (C=O) groups excluding carboxylic acids is 1. The van der Waals surface area contributed by atoms with Crippen LogP contribution in [-0.4, -0.2) is 5.91 Å². The van der Waals surface area contributed by atoms with Crippen LogP contribution in [0.1, 0.15) is 20.8 Å². The highest BCUT2D eigenvalue weighted by atomic mass is 79.9. The van der Waals surface area contributed by atoms with Gasteiger partial charge in [0, 0.05) is 0 Å². The van der Waals surface area contributed by atoms with Gasteiger partial charge in [-0.25, -0.2) is 5.48 Å². The van der Waals surface area contributed by atoms with Gasteiger partial charge in [0.05, 0.1) is 15.3 Å². The lowest BCUT2D eigenvalue weighted by Crippen LogP contribution is -2.22. The van der Waals surface area contributed by atoms with Crippen LogP contribution in [0.25, 0.3) is 0 Å². The highest BCUT2D eigenvalue weighted by molar-refractivity contribution is 9.11. The fourth-order valence-corrected chi connectivity index (χ4v) is 2.80. The van der Waals surface area contributed by atoms with Gasteiger partial charge in [0.15, 0.2) is 0 Å². The van der Waals surface area contributed by atoms with Gasteiger partial charge >= 0.3 is 0 Å². The Labute approximate surface area is 118 Å². The van der Waals surface area contributed by atoms with Crippen LogP contribution in [-0.2, 0) is 11.4 Å². The molecule has 0 spiro atoms. The molecule has 3 nitrogen and oxygen atoms in total. The van der Waals surface area contributed by atoms with Crippen molar-refractivity contribution < 1.29 is 9.63 Å². The lowest BCUT2D eigenvalue weighted by Gasteiger charge is -2.04. The van der Waals surface area contributed by atoms with E-state index in [4.69, 9.17) is 4.84 Å². The first-order chi connectivity index (χ1) is 8.66. The second-order valence-corrected chi connectivity index (χ2v) is 6.14. The van der Waals surface area contributed by atoms with Crippen molar-refractivity contribution in [2.24, 2.45) is 0 Å². The Morgan fingerprint density at radius 2 is 2.11 bits per heavy atom. The van der Waals surface area contributed by atoms with Crippen molar-refractivity contribution in [3.05, 3.63) is 56.2 Å². The van der Waals surface area contributed by atoms with E-state index in [0.717, 1.165) is 14.9 Å². The van der Waals surface area contributed by atoms with Gasteiger partial charge in [-0.2, -0.15) is 0 Å². The van der Waals surface area contributed by atoms with E-state index < -0.39 is 0 Å². The molecule has 18 heavy (non-hydrogen) atoms. The molecule has 0 radical (unpaired) electrons. The molecule has 1 heterocycles. The maximum absolute atomic E-state index is 11.8. The van der Waals surface area contributed by atoms with Crippen molar-refractivity contribution in [2.45, 2.75) is 13.5 Å². The van der Waals surface area contributed by atoms with Gasteiger partial charge in [-0.3, -0.25) is 9.63 Å². The van der Waals surface area contributed by atoms with Crippen molar-refractivity contribution in [1.29, 1.82) is 0 Å². The number of aryl methyl sites for hydroxylation is 1. The van der Waals surface area contributed by atoms with Gasteiger partial charge in [0.1, 0.15) is 0 Å². The largest absolute Gasteiger partial charge is 0.284 e. The molecule has 0 atom stereocenters. The zero-order valence-electron chi connectivity index (χ0n) is 9.77. The molecule has 0 saturated heterocycles. The van der Waals surface area contributed by atoms with E-state index in [9.17, 15) is 4.79 Å². The van der Waals surface area contributed by atoms with E-state index >= 15 is 0 Å². The van der Waals surface area contributed by atoms with Gasteiger partial charge in [-0.1, -0.05) is 30.3 Å². The van der Waals surface area contributed by atoms with E-state index in [0.29, 0.717) is 11.5 Å². The molecule has 1 amide bonds. The molecular formula is C13H12BrNO2S. The van der Waals surface area contributed by atoms with Gasteiger partial charge < -0.3 is 0 Å². The van der Waals surface area contributed by atoms with Crippen molar-refractivity contribution in [3.63, 3.8) is 0 Å². The maximum Gasteiger partial charge on any atom is 0.284 e. The number of hydroxylamine groups is 1. The predicted molar refractivity (Wildman–Crippen MR) is 75.5 cm³/mol. The first-order valence-corrected chi connectivity index (χ1v) is 7.00. The maximum atomic E-state index is 11.8. The number of hydrogen-bond donors (Lipinski definition) is 1. The summed E-state index contributed by atoms with van der Waals surface area (Å²) >= 11 is 4.78.